The minimum Gasteiger partial charge on any atom is -0.465 e. The van der Waals surface area contributed by atoms with Gasteiger partial charge in [-0.3, -0.25) is 42.2 Å². The second-order valence-corrected chi connectivity index (χ2v) is 18.9. The van der Waals surface area contributed by atoms with Crippen molar-refractivity contribution in [2.45, 2.75) is 98.2 Å². The van der Waals surface area contributed by atoms with E-state index in [1.807, 2.05) is 0 Å². The van der Waals surface area contributed by atoms with Crippen LogP contribution >= 0.6 is 0 Å². The molecule has 0 saturated carbocycles. The number of carbonyl (C=O) groups is 5. The number of nitrogen functional groups attached to an aromatic ring is 4. The van der Waals surface area contributed by atoms with Gasteiger partial charge in [-0.1, -0.05) is 0 Å². The van der Waals surface area contributed by atoms with E-state index in [1.54, 1.807) is 0 Å². The van der Waals surface area contributed by atoms with Crippen LogP contribution in [0.1, 0.15) is 24.9 Å². The average Bonchev–Trinajstić information content (AvgIpc) is 1.65. The normalized spacial score (nSPS) is 27.7. The van der Waals surface area contributed by atoms with Crippen molar-refractivity contribution in [3.63, 3.8) is 0 Å². The molecule has 482 valence electrons. The second kappa shape index (κ2) is 27.6. The fourth-order valence-electron chi connectivity index (χ4n) is 9.60. The number of aliphatic hydroxyl groups is 7. The lowest BCUT2D eigenvalue weighted by atomic mass is 10.1. The fraction of sp³-hybridized carbons (Fsp3) is 0.444. The van der Waals surface area contributed by atoms with E-state index in [1.165, 1.54) is 43.6 Å². The van der Waals surface area contributed by atoms with Crippen molar-refractivity contribution in [1.82, 2.24) is 78.1 Å². The molecule has 8 aromatic heterocycles. The maximum absolute atomic E-state index is 13.4. The molecule has 15 N–H and O–H groups in total. The second-order valence-electron chi connectivity index (χ2n) is 18.9. The molecule has 4 saturated heterocycles. The van der Waals surface area contributed by atoms with Crippen molar-refractivity contribution in [3.8, 4) is 0 Å². The molecule has 12 heterocycles. The lowest BCUT2D eigenvalue weighted by molar-refractivity contribution is -0.144. The summed E-state index contributed by atoms with van der Waals surface area (Å²) in [5, 5.41) is 69.2. The Morgan fingerprint density at radius 3 is 1.06 bits per heavy atom. The monoisotopic (exact) mass is 1280 g/mol. The van der Waals surface area contributed by atoms with Crippen LogP contribution in [-0.4, -0.2) is 246 Å². The molecule has 4 fully saturated rings. The number of anilines is 4. The number of imidazole rings is 4. The fourth-order valence-corrected chi connectivity index (χ4v) is 9.60. The zero-order chi connectivity index (χ0) is 64.8. The summed E-state index contributed by atoms with van der Waals surface area (Å²) in [5.74, 6) is -0.651. The van der Waals surface area contributed by atoms with Gasteiger partial charge in [-0.2, -0.15) is 57.4 Å². The largest absolute Gasteiger partial charge is 0.465 e. The first-order valence-corrected chi connectivity index (χ1v) is 25.5. The van der Waals surface area contributed by atoms with E-state index in [0.717, 1.165) is 0 Å². The first-order valence-electron chi connectivity index (χ1n) is 25.5. The molecule has 4 aliphatic heterocycles. The Kier molecular flexibility index (Phi) is 19.8. The Morgan fingerprint density at radius 1 is 0.400 bits per heavy atom. The number of aliphatic hydroxyl groups excluding tert-OH is 7. The zero-order valence-electron chi connectivity index (χ0n) is 45.1. The summed E-state index contributed by atoms with van der Waals surface area (Å²) >= 11 is 0. The molecule has 0 aliphatic carbocycles. The highest BCUT2D eigenvalue weighted by molar-refractivity contribution is 5.83. The van der Waals surface area contributed by atoms with E-state index in [4.69, 9.17) is 56.5 Å². The van der Waals surface area contributed by atoms with E-state index in [9.17, 15) is 72.2 Å². The van der Waals surface area contributed by atoms with Crippen molar-refractivity contribution >= 4 is 100 Å². The Balaban J connectivity index is 0.000000143. The van der Waals surface area contributed by atoms with Gasteiger partial charge in [0.05, 0.1) is 31.9 Å². The van der Waals surface area contributed by atoms with Gasteiger partial charge < -0.3 is 101 Å². The number of rotatable bonds is 18. The smallest absolute Gasteiger partial charge is 0.312 e. The van der Waals surface area contributed by atoms with E-state index in [2.05, 4.69) is 74.0 Å². The molecule has 0 spiro atoms. The van der Waals surface area contributed by atoms with Crippen LogP contribution in [0.4, 0.5) is 40.8 Å². The van der Waals surface area contributed by atoms with Crippen LogP contribution in [0.25, 0.3) is 44.7 Å². The van der Waals surface area contributed by atoms with Crippen molar-refractivity contribution in [2.75, 3.05) is 49.4 Å². The Labute approximate surface area is 494 Å². The van der Waals surface area contributed by atoms with Gasteiger partial charge in [0, 0.05) is 0 Å². The van der Waals surface area contributed by atoms with Crippen LogP contribution in [0, 0.1) is 24.3 Å². The predicted octanol–water partition coefficient (Wildman–Crippen LogP) is -6.46. The topological polar surface area (TPSA) is 589 Å². The van der Waals surface area contributed by atoms with Gasteiger partial charge in [0.2, 0.25) is 0 Å². The van der Waals surface area contributed by atoms with Gasteiger partial charge in [0.1, 0.15) is 80.9 Å². The molecule has 41 nitrogen and oxygen atoms in total. The molecule has 8 aromatic rings. The number of nitrogens with two attached hydrogens (primary N) is 4. The van der Waals surface area contributed by atoms with Gasteiger partial charge in [-0.05, 0) is 0 Å². The summed E-state index contributed by atoms with van der Waals surface area (Å²) in [7, 11) is 0. The van der Waals surface area contributed by atoms with Gasteiger partial charge in [-0.25, -0.2) is 19.9 Å². The van der Waals surface area contributed by atoms with Gasteiger partial charge in [-0.15, -0.1) is 0 Å². The summed E-state index contributed by atoms with van der Waals surface area (Å²) in [4.78, 5) is 95.6. The first-order chi connectivity index (χ1) is 43.2. The van der Waals surface area contributed by atoms with Gasteiger partial charge in [0.15, 0.2) is 105 Å². The maximum atomic E-state index is 13.4. The molecular weight excluding hydrogens is 1230 g/mol. The van der Waals surface area contributed by atoms with Crippen LogP contribution in [0.15, 0.2) is 25.3 Å². The summed E-state index contributed by atoms with van der Waals surface area (Å²) < 4.78 is 103. The SMILES string of the molecule is Nc1nc(F)nc2c1ncn2C1OC(CO)C(O)C1O.Nc1nc(F)nc2c1ncn2C1OC(COC=O)C(O)C1O.Nc1nc(F)nc2c1ncn2C1OC(COC=O)C(O)C1OC=O.Nc1nc(F)nc2c1ncn2C1OC(COC=O)C(OC=O)C1O. The third-order valence-electron chi connectivity index (χ3n) is 13.7. The summed E-state index contributed by atoms with van der Waals surface area (Å²) in [6, 6.07) is 0. The lowest BCUT2D eigenvalue weighted by Gasteiger charge is -2.19. The number of halogens is 4. The van der Waals surface area contributed by atoms with E-state index < -0.39 is 129 Å². The zero-order valence-corrected chi connectivity index (χ0v) is 45.1. The Hall–Kier alpha value is -9.97. The highest BCUT2D eigenvalue weighted by Crippen LogP contribution is 2.37. The number of carbonyl (C=O) groups excluding carboxylic acids is 5. The van der Waals surface area contributed by atoms with Gasteiger partial charge in [0.25, 0.3) is 32.4 Å². The van der Waals surface area contributed by atoms with Crippen LogP contribution in [0.3, 0.4) is 0 Å². The number of hydrogen-bond acceptors (Lipinski definition) is 37. The highest BCUT2D eigenvalue weighted by Gasteiger charge is 2.50. The van der Waals surface area contributed by atoms with Crippen LogP contribution in [0.5, 0.6) is 0 Å². The number of fused-ring (bicyclic) bond motifs is 4. The van der Waals surface area contributed by atoms with Crippen molar-refractivity contribution in [1.29, 1.82) is 0 Å². The molecular formula is C45H48F4N20O21. The van der Waals surface area contributed by atoms with E-state index in [0.29, 0.717) is 0 Å². The Bertz CT molecular complexity index is 3870. The molecule has 0 radical (unpaired) electrons. The summed E-state index contributed by atoms with van der Waals surface area (Å²) in [5.41, 5.74) is 22.8. The van der Waals surface area contributed by atoms with Crippen LogP contribution in [-0.2, 0) is 66.6 Å². The quantitative estimate of drug-likeness (QED) is 0.0165. The summed E-state index contributed by atoms with van der Waals surface area (Å²) in [6.07, 6.45) is -17.5. The number of aromatic nitrogens is 16. The van der Waals surface area contributed by atoms with E-state index >= 15 is 0 Å². The molecule has 12 rings (SSSR count). The maximum Gasteiger partial charge on any atom is 0.312 e. The Morgan fingerprint density at radius 2 is 0.700 bits per heavy atom. The number of nitrogens with zero attached hydrogens (tertiary/aromatic N) is 16. The van der Waals surface area contributed by atoms with Crippen LogP contribution < -0.4 is 22.9 Å². The van der Waals surface area contributed by atoms with Crippen molar-refractivity contribution in [3.05, 3.63) is 49.6 Å². The molecule has 16 atom stereocenters. The third kappa shape index (κ3) is 12.8. The van der Waals surface area contributed by atoms with E-state index in [-0.39, 0.29) is 120 Å². The molecule has 0 aromatic carbocycles. The molecule has 0 bridgehead atoms. The third-order valence-corrected chi connectivity index (χ3v) is 13.7. The molecule has 90 heavy (non-hydrogen) atoms. The number of hydrogen-bond donors (Lipinski definition) is 11. The summed E-state index contributed by atoms with van der Waals surface area (Å²) in [6.45, 7) is -0.373. The predicted molar refractivity (Wildman–Crippen MR) is 275 cm³/mol. The average molecular weight is 1280 g/mol. The van der Waals surface area contributed by atoms with Crippen molar-refractivity contribution in [2.24, 2.45) is 0 Å². The minimum atomic E-state index is -1.35. The molecule has 0 amide bonds. The molecule has 4 aliphatic rings. The van der Waals surface area contributed by atoms with Crippen molar-refractivity contribution < 1.29 is 120 Å². The standard InChI is InChI=1S/2C12H12FN5O6.C11H12FN5O5.C10H12FN5O4/c13-12-16-9(14)6-10(17-12)18(2-15-6)11-7(21)8(23-4-20)5(24-11)1-22-3-19;13-12-16-9(14)6-10(17-12)18(2-15-6)11-8(23-4-20)7(21)5(24-11)1-22-3-19;12-11-15-8(13)5-9(16-11)17(2-14-5)10-7(20)6(19)4(22-10)1-21-3-18;11-10-14-7(12)4-8(15-10)16(2-13-4)9-6(19)5(18)3(1-17)20-9/h2*2-5,7-8,11,21H,1H2,(H2,14,16,17);2-4,6-7,10,19-20H,1H2,(H2,13,15,16);2-3,5-6,9,17-19H,1H2,(H2,12,14,15). The number of ether oxygens (including phenoxy) is 9. The minimum absolute atomic E-state index is 0.00588. The van der Waals surface area contributed by atoms with Crippen LogP contribution in [0.2, 0.25) is 0 Å². The highest BCUT2D eigenvalue weighted by atomic mass is 19.1. The lowest BCUT2D eigenvalue weighted by Crippen LogP contribution is -2.36. The first kappa shape index (κ1) is 64.5. The molecule has 16 unspecified atom stereocenters. The van der Waals surface area contributed by atoms with Gasteiger partial charge >= 0.3 is 24.3 Å². The molecule has 45 heteroatoms.